The fourth-order valence-corrected chi connectivity index (χ4v) is 9.27. The second kappa shape index (κ2) is 64.1. The Bertz CT molecular complexity index is 1450. The standard InChI is InChI=1S/C70H122O6/c1-4-7-10-13-16-19-22-25-27-29-30-31-32-33-34-35-36-37-38-39-40-42-43-45-48-51-54-57-60-63-69(72)75-66-67(65-74-68(71)62-59-56-53-50-47-24-21-18-15-12-9-6-3)76-70(73)64-61-58-55-52-49-46-44-41-28-26-23-20-17-14-11-8-5-2/h8,11,17,20,22,25-26,28-30,32-33,44,46,67H,4-7,9-10,12-16,18-19,21,23-24,27,31,34-43,45,47-66H2,1-3H3/b11-8-,20-17-,25-22-,28-26-,30-29-,33-32-,46-44-. The Labute approximate surface area is 471 Å². The van der Waals surface area contributed by atoms with Crippen LogP contribution < -0.4 is 0 Å². The van der Waals surface area contributed by atoms with E-state index in [1.54, 1.807) is 0 Å². The number of rotatable bonds is 59. The number of ether oxygens (including phenoxy) is 3. The average molecular weight is 1060 g/mol. The van der Waals surface area contributed by atoms with Crippen LogP contribution in [0.15, 0.2) is 85.1 Å². The number of hydrogen-bond donors (Lipinski definition) is 0. The van der Waals surface area contributed by atoms with E-state index in [2.05, 4.69) is 106 Å². The Hall–Kier alpha value is -3.41. The fourth-order valence-electron chi connectivity index (χ4n) is 9.27. The monoisotopic (exact) mass is 1060 g/mol. The Morgan fingerprint density at radius 3 is 0.803 bits per heavy atom. The summed E-state index contributed by atoms with van der Waals surface area (Å²) < 4.78 is 16.9. The summed E-state index contributed by atoms with van der Waals surface area (Å²) in [6.07, 6.45) is 84.6. The fraction of sp³-hybridized carbons (Fsp3) is 0.757. The lowest BCUT2D eigenvalue weighted by Crippen LogP contribution is -2.30. The second-order valence-electron chi connectivity index (χ2n) is 21.6. The normalized spacial score (nSPS) is 12.6. The van der Waals surface area contributed by atoms with Crippen LogP contribution in [0, 0.1) is 0 Å². The molecule has 0 saturated heterocycles. The van der Waals surface area contributed by atoms with Crippen LogP contribution in [0.25, 0.3) is 0 Å². The number of unbranched alkanes of at least 4 members (excludes halogenated alkanes) is 34. The summed E-state index contributed by atoms with van der Waals surface area (Å²) in [5, 5.41) is 0. The zero-order valence-electron chi connectivity index (χ0n) is 50.3. The van der Waals surface area contributed by atoms with Crippen LogP contribution in [0.2, 0.25) is 0 Å². The van der Waals surface area contributed by atoms with Gasteiger partial charge in [0.25, 0.3) is 0 Å². The molecule has 0 fully saturated rings. The van der Waals surface area contributed by atoms with E-state index in [-0.39, 0.29) is 31.1 Å². The molecule has 0 spiro atoms. The summed E-state index contributed by atoms with van der Waals surface area (Å²) >= 11 is 0. The molecule has 1 atom stereocenters. The van der Waals surface area contributed by atoms with Crippen molar-refractivity contribution in [1.29, 1.82) is 0 Å². The molecule has 6 heteroatoms. The molecule has 0 N–H and O–H groups in total. The van der Waals surface area contributed by atoms with Crippen LogP contribution in [0.5, 0.6) is 0 Å². The van der Waals surface area contributed by atoms with Gasteiger partial charge >= 0.3 is 17.9 Å². The first-order valence-electron chi connectivity index (χ1n) is 32.6. The van der Waals surface area contributed by atoms with Gasteiger partial charge < -0.3 is 14.2 Å². The van der Waals surface area contributed by atoms with Crippen molar-refractivity contribution < 1.29 is 28.6 Å². The van der Waals surface area contributed by atoms with E-state index >= 15 is 0 Å². The Morgan fingerprint density at radius 2 is 0.513 bits per heavy atom. The number of hydrogen-bond acceptors (Lipinski definition) is 6. The minimum absolute atomic E-state index is 0.0835. The van der Waals surface area contributed by atoms with Crippen molar-refractivity contribution in [2.75, 3.05) is 13.2 Å². The van der Waals surface area contributed by atoms with E-state index in [9.17, 15) is 14.4 Å². The van der Waals surface area contributed by atoms with Gasteiger partial charge in [0, 0.05) is 19.3 Å². The number of esters is 3. The summed E-state index contributed by atoms with van der Waals surface area (Å²) in [7, 11) is 0. The van der Waals surface area contributed by atoms with Crippen LogP contribution in [0.3, 0.4) is 0 Å². The smallest absolute Gasteiger partial charge is 0.306 e. The van der Waals surface area contributed by atoms with Crippen molar-refractivity contribution in [2.24, 2.45) is 0 Å². The maximum Gasteiger partial charge on any atom is 0.306 e. The predicted molar refractivity (Wildman–Crippen MR) is 330 cm³/mol. The van der Waals surface area contributed by atoms with Crippen LogP contribution >= 0.6 is 0 Å². The lowest BCUT2D eigenvalue weighted by Gasteiger charge is -2.18. The van der Waals surface area contributed by atoms with Crippen molar-refractivity contribution >= 4 is 17.9 Å². The third-order valence-corrected chi connectivity index (χ3v) is 14.1. The molecule has 0 aliphatic carbocycles. The molecular weight excluding hydrogens is 937 g/mol. The van der Waals surface area contributed by atoms with Gasteiger partial charge in [-0.15, -0.1) is 0 Å². The van der Waals surface area contributed by atoms with Crippen molar-refractivity contribution in [3.05, 3.63) is 85.1 Å². The van der Waals surface area contributed by atoms with Gasteiger partial charge in [0.15, 0.2) is 6.10 Å². The minimum Gasteiger partial charge on any atom is -0.462 e. The van der Waals surface area contributed by atoms with E-state index in [1.807, 2.05) is 0 Å². The van der Waals surface area contributed by atoms with Crippen LogP contribution in [-0.4, -0.2) is 37.2 Å². The molecule has 6 nitrogen and oxygen atoms in total. The molecule has 1 unspecified atom stereocenters. The summed E-state index contributed by atoms with van der Waals surface area (Å²) in [6, 6.07) is 0. The van der Waals surface area contributed by atoms with Crippen molar-refractivity contribution in [3.63, 3.8) is 0 Å². The molecule has 76 heavy (non-hydrogen) atoms. The predicted octanol–water partition coefficient (Wildman–Crippen LogP) is 22.3. The van der Waals surface area contributed by atoms with Gasteiger partial charge in [0.2, 0.25) is 0 Å². The molecule has 0 aromatic heterocycles. The number of carbonyl (C=O) groups is 3. The lowest BCUT2D eigenvalue weighted by atomic mass is 10.0. The first-order chi connectivity index (χ1) is 37.5. The van der Waals surface area contributed by atoms with E-state index in [0.717, 1.165) is 109 Å². The first kappa shape index (κ1) is 72.6. The zero-order valence-corrected chi connectivity index (χ0v) is 50.3. The van der Waals surface area contributed by atoms with E-state index in [1.165, 1.54) is 173 Å². The molecule has 0 aromatic rings. The highest BCUT2D eigenvalue weighted by atomic mass is 16.6. The molecule has 0 amide bonds. The van der Waals surface area contributed by atoms with Crippen LogP contribution in [-0.2, 0) is 28.6 Å². The summed E-state index contributed by atoms with van der Waals surface area (Å²) in [5.74, 6) is -0.896. The molecule has 438 valence electrons. The number of carbonyl (C=O) groups excluding carboxylic acids is 3. The molecule has 0 saturated carbocycles. The van der Waals surface area contributed by atoms with Crippen molar-refractivity contribution in [2.45, 2.75) is 329 Å². The van der Waals surface area contributed by atoms with Gasteiger partial charge in [-0.25, -0.2) is 0 Å². The van der Waals surface area contributed by atoms with Gasteiger partial charge in [0.05, 0.1) is 0 Å². The molecule has 0 bridgehead atoms. The zero-order chi connectivity index (χ0) is 55.0. The van der Waals surface area contributed by atoms with Gasteiger partial charge in [-0.1, -0.05) is 292 Å². The van der Waals surface area contributed by atoms with Gasteiger partial charge in [0.1, 0.15) is 13.2 Å². The quantitative estimate of drug-likeness (QED) is 0.0261. The maximum atomic E-state index is 12.9. The highest BCUT2D eigenvalue weighted by Gasteiger charge is 2.19. The third kappa shape index (κ3) is 61.4. The molecule has 0 aliphatic heterocycles. The highest BCUT2D eigenvalue weighted by molar-refractivity contribution is 5.71. The van der Waals surface area contributed by atoms with E-state index in [0.29, 0.717) is 19.3 Å². The third-order valence-electron chi connectivity index (χ3n) is 14.1. The summed E-state index contributed by atoms with van der Waals surface area (Å²) in [6.45, 7) is 6.52. The average Bonchev–Trinajstić information content (AvgIpc) is 3.42. The summed E-state index contributed by atoms with van der Waals surface area (Å²) in [4.78, 5) is 38.3. The van der Waals surface area contributed by atoms with Crippen molar-refractivity contribution in [3.8, 4) is 0 Å². The van der Waals surface area contributed by atoms with Crippen LogP contribution in [0.1, 0.15) is 323 Å². The molecule has 0 aliphatic rings. The number of allylic oxidation sites excluding steroid dienone is 14. The Kier molecular flexibility index (Phi) is 61.2. The van der Waals surface area contributed by atoms with Gasteiger partial charge in [-0.05, 0) is 96.3 Å². The largest absolute Gasteiger partial charge is 0.462 e. The second-order valence-corrected chi connectivity index (χ2v) is 21.6. The topological polar surface area (TPSA) is 78.9 Å². The van der Waals surface area contributed by atoms with E-state index in [4.69, 9.17) is 14.2 Å². The molecule has 0 aromatic carbocycles. The molecule has 0 rings (SSSR count). The van der Waals surface area contributed by atoms with Crippen molar-refractivity contribution in [1.82, 2.24) is 0 Å². The molecule has 0 heterocycles. The molecular formula is C70H122O6. The Balaban J connectivity index is 4.24. The van der Waals surface area contributed by atoms with E-state index < -0.39 is 6.10 Å². The highest BCUT2D eigenvalue weighted by Crippen LogP contribution is 2.17. The first-order valence-corrected chi connectivity index (χ1v) is 32.6. The van der Waals surface area contributed by atoms with Crippen LogP contribution in [0.4, 0.5) is 0 Å². The maximum absolute atomic E-state index is 12.9. The van der Waals surface area contributed by atoms with Gasteiger partial charge in [-0.2, -0.15) is 0 Å². The van der Waals surface area contributed by atoms with Gasteiger partial charge in [-0.3, -0.25) is 14.4 Å². The lowest BCUT2D eigenvalue weighted by molar-refractivity contribution is -0.167. The molecule has 0 radical (unpaired) electrons. The summed E-state index contributed by atoms with van der Waals surface area (Å²) in [5.41, 5.74) is 0. The SMILES string of the molecule is CC/C=C\C/C=C\C/C=C\C/C=C\CCCCCCC(=O)OC(COC(=O)CCCCCCCCCCCCCC)COC(=O)CCCCCCCCCCCCCCCC/C=C\C/C=C\C/C=C\CCCCCCC. The Morgan fingerprint density at radius 1 is 0.276 bits per heavy atom. The minimum atomic E-state index is -0.788.